The lowest BCUT2D eigenvalue weighted by Gasteiger charge is -2.18. The first kappa shape index (κ1) is 16.9. The number of aromatic nitrogens is 1. The molecular weight excluding hydrogens is 340 g/mol. The van der Waals surface area contributed by atoms with Crippen LogP contribution in [0.5, 0.6) is 0 Å². The molecule has 0 amide bonds. The van der Waals surface area contributed by atoms with Crippen molar-refractivity contribution in [1.82, 2.24) is 4.57 Å². The molecule has 5 rings (SSSR count). The molecule has 0 saturated carbocycles. The predicted octanol–water partition coefficient (Wildman–Crippen LogP) is 6.14. The Morgan fingerprint density at radius 2 is 1.54 bits per heavy atom. The van der Waals surface area contributed by atoms with Gasteiger partial charge in [0.2, 0.25) is 0 Å². The quantitative estimate of drug-likeness (QED) is 0.465. The molecule has 0 saturated heterocycles. The number of nitrogens with zero attached hydrogens (tertiary/aromatic N) is 1. The maximum Gasteiger partial charge on any atom is 0.0576 e. The molecule has 4 aromatic rings. The van der Waals surface area contributed by atoms with Gasteiger partial charge in [0.05, 0.1) is 11.0 Å². The highest BCUT2D eigenvalue weighted by Crippen LogP contribution is 2.38. The third kappa shape index (κ3) is 2.49. The van der Waals surface area contributed by atoms with E-state index in [-0.39, 0.29) is 5.41 Å². The van der Waals surface area contributed by atoms with Crippen LogP contribution in [0.15, 0.2) is 96.2 Å². The van der Waals surface area contributed by atoms with E-state index in [4.69, 9.17) is 5.73 Å². The van der Waals surface area contributed by atoms with E-state index in [2.05, 4.69) is 103 Å². The van der Waals surface area contributed by atoms with Gasteiger partial charge >= 0.3 is 0 Å². The topological polar surface area (TPSA) is 30.9 Å². The second kappa shape index (κ2) is 6.13. The second-order valence-electron chi connectivity index (χ2n) is 8.17. The van der Waals surface area contributed by atoms with Crippen LogP contribution in [0.3, 0.4) is 0 Å². The van der Waals surface area contributed by atoms with Crippen LogP contribution in [0.2, 0.25) is 0 Å². The monoisotopic (exact) mass is 364 g/mol. The van der Waals surface area contributed by atoms with Crippen LogP contribution >= 0.6 is 0 Å². The molecule has 1 aliphatic carbocycles. The smallest absolute Gasteiger partial charge is 0.0576 e. The molecule has 1 aromatic heterocycles. The van der Waals surface area contributed by atoms with Crippen LogP contribution in [0.1, 0.15) is 19.4 Å². The summed E-state index contributed by atoms with van der Waals surface area (Å²) in [5.41, 5.74) is 13.6. The Bertz CT molecular complexity index is 1250. The van der Waals surface area contributed by atoms with Gasteiger partial charge in [0, 0.05) is 34.0 Å². The molecule has 0 radical (unpaired) electrons. The summed E-state index contributed by atoms with van der Waals surface area (Å²) >= 11 is 0. The molecule has 0 bridgehead atoms. The van der Waals surface area contributed by atoms with E-state index in [9.17, 15) is 0 Å². The number of nitrogens with two attached hydrogens (primary N) is 1. The number of rotatable bonds is 3. The average molecular weight is 364 g/mol. The van der Waals surface area contributed by atoms with Crippen molar-refractivity contribution in [2.45, 2.75) is 20.3 Å². The van der Waals surface area contributed by atoms with E-state index in [0.29, 0.717) is 0 Å². The van der Waals surface area contributed by atoms with Gasteiger partial charge in [-0.3, -0.25) is 0 Å². The molecule has 3 aromatic carbocycles. The molecule has 1 aliphatic rings. The van der Waals surface area contributed by atoms with E-state index in [1.165, 1.54) is 38.6 Å². The Labute approximate surface area is 165 Å². The molecule has 0 unspecified atom stereocenters. The number of allylic oxidation sites excluding steroid dienone is 3. The standard InChI is InChI=1S/C26H24N2/c1-26(2)16-15-19(25(26)27)17-18-9-8-13-22-21-12-6-7-14-23(21)28(24(18)22)20-10-4-3-5-11-20/h3-16H,17,27H2,1-2H3. The Balaban J connectivity index is 1.81. The fourth-order valence-electron chi connectivity index (χ4n) is 4.34. The molecule has 0 spiro atoms. The summed E-state index contributed by atoms with van der Waals surface area (Å²) in [7, 11) is 0. The number of benzene rings is 3. The summed E-state index contributed by atoms with van der Waals surface area (Å²) in [5.74, 6) is 0. The maximum atomic E-state index is 6.48. The minimum absolute atomic E-state index is 0.0602. The van der Waals surface area contributed by atoms with Crippen molar-refractivity contribution in [3.8, 4) is 5.69 Å². The summed E-state index contributed by atoms with van der Waals surface area (Å²) in [6.45, 7) is 4.35. The first-order chi connectivity index (χ1) is 13.6. The largest absolute Gasteiger partial charge is 0.401 e. The molecule has 28 heavy (non-hydrogen) atoms. The van der Waals surface area contributed by atoms with Crippen molar-refractivity contribution in [1.29, 1.82) is 0 Å². The van der Waals surface area contributed by atoms with Crippen molar-refractivity contribution in [3.05, 3.63) is 102 Å². The molecule has 1 heterocycles. The first-order valence-electron chi connectivity index (χ1n) is 9.81. The lowest BCUT2D eigenvalue weighted by molar-refractivity contribution is 0.579. The fraction of sp³-hybridized carbons (Fsp3) is 0.154. The third-order valence-corrected chi connectivity index (χ3v) is 5.91. The third-order valence-electron chi connectivity index (χ3n) is 5.91. The normalized spacial score (nSPS) is 15.8. The van der Waals surface area contributed by atoms with Crippen LogP contribution in [0.4, 0.5) is 0 Å². The van der Waals surface area contributed by atoms with Gasteiger partial charge in [-0.2, -0.15) is 0 Å². The van der Waals surface area contributed by atoms with Gasteiger partial charge in [0.25, 0.3) is 0 Å². The lowest BCUT2D eigenvalue weighted by Crippen LogP contribution is -2.17. The minimum atomic E-state index is -0.0602. The molecule has 2 nitrogen and oxygen atoms in total. The highest BCUT2D eigenvalue weighted by molar-refractivity contribution is 6.10. The van der Waals surface area contributed by atoms with Crippen LogP contribution < -0.4 is 5.73 Å². The van der Waals surface area contributed by atoms with Gasteiger partial charge in [-0.05, 0) is 29.3 Å². The summed E-state index contributed by atoms with van der Waals surface area (Å²) in [4.78, 5) is 0. The van der Waals surface area contributed by atoms with E-state index in [1.54, 1.807) is 0 Å². The number of para-hydroxylation sites is 3. The van der Waals surface area contributed by atoms with Crippen molar-refractivity contribution in [2.75, 3.05) is 0 Å². The zero-order valence-electron chi connectivity index (χ0n) is 16.3. The second-order valence-corrected chi connectivity index (χ2v) is 8.17. The number of hydrogen-bond acceptors (Lipinski definition) is 1. The van der Waals surface area contributed by atoms with Crippen LogP contribution in [-0.4, -0.2) is 4.57 Å². The van der Waals surface area contributed by atoms with E-state index in [0.717, 1.165) is 12.1 Å². The molecule has 0 aliphatic heterocycles. The Morgan fingerprint density at radius 1 is 0.821 bits per heavy atom. The first-order valence-corrected chi connectivity index (χ1v) is 9.81. The fourth-order valence-corrected chi connectivity index (χ4v) is 4.34. The van der Waals surface area contributed by atoms with Crippen molar-refractivity contribution >= 4 is 21.8 Å². The average Bonchev–Trinajstić information content (AvgIpc) is 3.19. The summed E-state index contributed by atoms with van der Waals surface area (Å²) < 4.78 is 2.39. The van der Waals surface area contributed by atoms with Gasteiger partial charge in [0.1, 0.15) is 0 Å². The van der Waals surface area contributed by atoms with Crippen molar-refractivity contribution in [3.63, 3.8) is 0 Å². The summed E-state index contributed by atoms with van der Waals surface area (Å²) in [5, 5.41) is 2.57. The zero-order chi connectivity index (χ0) is 19.3. The molecular formula is C26H24N2. The lowest BCUT2D eigenvalue weighted by atomic mass is 9.91. The highest BCUT2D eigenvalue weighted by Gasteiger charge is 2.26. The predicted molar refractivity (Wildman–Crippen MR) is 119 cm³/mol. The van der Waals surface area contributed by atoms with Crippen LogP contribution in [0, 0.1) is 5.41 Å². The molecule has 0 atom stereocenters. The van der Waals surface area contributed by atoms with Crippen molar-refractivity contribution in [2.24, 2.45) is 11.1 Å². The highest BCUT2D eigenvalue weighted by atomic mass is 15.0. The minimum Gasteiger partial charge on any atom is -0.401 e. The van der Waals surface area contributed by atoms with Crippen LogP contribution in [0.25, 0.3) is 27.5 Å². The van der Waals surface area contributed by atoms with Crippen LogP contribution in [-0.2, 0) is 6.42 Å². The van der Waals surface area contributed by atoms with Gasteiger partial charge in [-0.15, -0.1) is 0 Å². The summed E-state index contributed by atoms with van der Waals surface area (Å²) in [6.07, 6.45) is 5.25. The number of fused-ring (bicyclic) bond motifs is 3. The maximum absolute atomic E-state index is 6.48. The Hall–Kier alpha value is -3.26. The van der Waals surface area contributed by atoms with Gasteiger partial charge in [-0.25, -0.2) is 0 Å². The van der Waals surface area contributed by atoms with E-state index in [1.807, 2.05) is 0 Å². The van der Waals surface area contributed by atoms with E-state index < -0.39 is 0 Å². The van der Waals surface area contributed by atoms with Crippen molar-refractivity contribution < 1.29 is 0 Å². The number of hydrogen-bond donors (Lipinski definition) is 1. The SMILES string of the molecule is CC1(C)C=CC(Cc2cccc3c4ccccc4n(-c4ccccc4)c23)=C1N. The van der Waals surface area contributed by atoms with Gasteiger partial charge in [0.15, 0.2) is 0 Å². The molecule has 2 heteroatoms. The zero-order valence-corrected chi connectivity index (χ0v) is 16.3. The Morgan fingerprint density at radius 3 is 2.29 bits per heavy atom. The molecule has 138 valence electrons. The van der Waals surface area contributed by atoms with Gasteiger partial charge in [-0.1, -0.05) is 80.6 Å². The van der Waals surface area contributed by atoms with Gasteiger partial charge < -0.3 is 10.3 Å². The Kier molecular flexibility index (Phi) is 3.70. The molecule has 0 fully saturated rings. The summed E-state index contributed by atoms with van der Waals surface area (Å²) in [6, 6.07) is 25.9. The molecule has 2 N–H and O–H groups in total. The van der Waals surface area contributed by atoms with E-state index >= 15 is 0 Å².